The van der Waals surface area contributed by atoms with Gasteiger partial charge >= 0.3 is 6.61 Å². The molecule has 9 heteroatoms. The topological polar surface area (TPSA) is 67.9 Å². The van der Waals surface area contributed by atoms with Gasteiger partial charge in [-0.25, -0.2) is 0 Å². The first-order chi connectivity index (χ1) is 13.3. The van der Waals surface area contributed by atoms with Crippen LogP contribution in [0.25, 0.3) is 0 Å². The van der Waals surface area contributed by atoms with Crippen LogP contribution in [-0.2, 0) is 11.3 Å². The number of benzene rings is 2. The van der Waals surface area contributed by atoms with E-state index in [1.54, 1.807) is 37.4 Å². The van der Waals surface area contributed by atoms with Crippen molar-refractivity contribution < 1.29 is 27.8 Å². The Hall–Kier alpha value is -2.68. The summed E-state index contributed by atoms with van der Waals surface area (Å²) in [7, 11) is 2.91. The number of likely N-dealkylation sites (N-methyl/N-ethyl adjacent to an activating group) is 1. The normalized spacial score (nSPS) is 10.5. The maximum absolute atomic E-state index is 12.4. The lowest BCUT2D eigenvalue weighted by atomic mass is 10.2. The van der Waals surface area contributed by atoms with Crippen LogP contribution in [0, 0.1) is 0 Å². The highest BCUT2D eigenvalue weighted by Crippen LogP contribution is 2.29. The predicted molar refractivity (Wildman–Crippen MR) is 103 cm³/mol. The number of amides is 2. The molecule has 0 aliphatic rings. The van der Waals surface area contributed by atoms with Crippen LogP contribution >= 0.6 is 15.9 Å². The number of carbonyl (C=O) groups is 2. The fourth-order valence-corrected chi connectivity index (χ4v) is 2.79. The number of methoxy groups -OCH3 is 1. The molecule has 0 aromatic heterocycles. The number of ether oxygens (including phenoxy) is 2. The van der Waals surface area contributed by atoms with Crippen molar-refractivity contribution in [2.45, 2.75) is 13.2 Å². The van der Waals surface area contributed by atoms with Crippen molar-refractivity contribution in [3.8, 4) is 11.5 Å². The van der Waals surface area contributed by atoms with Gasteiger partial charge in [-0.15, -0.1) is 0 Å². The Balaban J connectivity index is 1.93. The lowest BCUT2D eigenvalue weighted by Gasteiger charge is -2.19. The van der Waals surface area contributed by atoms with Crippen LogP contribution in [0.1, 0.15) is 15.9 Å². The van der Waals surface area contributed by atoms with Gasteiger partial charge in [0.05, 0.1) is 13.7 Å². The maximum Gasteiger partial charge on any atom is 0.387 e. The van der Waals surface area contributed by atoms with Crippen molar-refractivity contribution in [3.05, 3.63) is 58.1 Å². The molecule has 1 N–H and O–H groups in total. The molecule has 0 saturated heterocycles. The molecule has 2 rings (SSSR count). The number of nitrogens with one attached hydrogen (secondary N) is 1. The predicted octanol–water partition coefficient (Wildman–Crippen LogP) is 3.45. The summed E-state index contributed by atoms with van der Waals surface area (Å²) in [5.74, 6) is -0.619. The summed E-state index contributed by atoms with van der Waals surface area (Å²) >= 11 is 3.28. The molecule has 2 amide bonds. The summed E-state index contributed by atoms with van der Waals surface area (Å²) in [5.41, 5.74) is 1.09. The van der Waals surface area contributed by atoms with Gasteiger partial charge in [-0.05, 0) is 35.9 Å². The Labute approximate surface area is 169 Å². The second-order valence-electron chi connectivity index (χ2n) is 5.81. The van der Waals surface area contributed by atoms with E-state index < -0.39 is 6.61 Å². The van der Waals surface area contributed by atoms with E-state index in [4.69, 9.17) is 4.74 Å². The van der Waals surface area contributed by atoms with Gasteiger partial charge in [0, 0.05) is 23.6 Å². The number of nitrogens with zero attached hydrogens (tertiary/aromatic N) is 1. The monoisotopic (exact) mass is 456 g/mol. The third-order valence-electron chi connectivity index (χ3n) is 3.78. The van der Waals surface area contributed by atoms with Gasteiger partial charge in [-0.3, -0.25) is 9.59 Å². The van der Waals surface area contributed by atoms with Crippen LogP contribution in [0.5, 0.6) is 11.5 Å². The van der Waals surface area contributed by atoms with E-state index in [2.05, 4.69) is 26.0 Å². The van der Waals surface area contributed by atoms with Crippen LogP contribution < -0.4 is 14.8 Å². The van der Waals surface area contributed by atoms with Gasteiger partial charge < -0.3 is 19.7 Å². The van der Waals surface area contributed by atoms with Crippen molar-refractivity contribution in [1.82, 2.24) is 10.2 Å². The van der Waals surface area contributed by atoms with Gasteiger partial charge in [0.25, 0.3) is 5.91 Å². The van der Waals surface area contributed by atoms with Crippen LogP contribution in [0.15, 0.2) is 46.9 Å². The second-order valence-corrected chi connectivity index (χ2v) is 6.72. The molecule has 0 saturated carbocycles. The number of hydrogen-bond acceptors (Lipinski definition) is 4. The molecule has 2 aromatic rings. The molecular formula is C19H19BrF2N2O4. The first-order valence-corrected chi connectivity index (χ1v) is 8.99. The van der Waals surface area contributed by atoms with Gasteiger partial charge in [-0.2, -0.15) is 8.78 Å². The van der Waals surface area contributed by atoms with Crippen molar-refractivity contribution in [2.75, 3.05) is 20.7 Å². The number of carbonyl (C=O) groups excluding carboxylic acids is 2. The molecule has 6 nitrogen and oxygen atoms in total. The van der Waals surface area contributed by atoms with Crippen LogP contribution in [0.2, 0.25) is 0 Å². The van der Waals surface area contributed by atoms with E-state index in [-0.39, 0.29) is 36.4 Å². The van der Waals surface area contributed by atoms with Crippen molar-refractivity contribution >= 4 is 27.7 Å². The highest BCUT2D eigenvalue weighted by Gasteiger charge is 2.15. The highest BCUT2D eigenvalue weighted by atomic mass is 79.9. The smallest absolute Gasteiger partial charge is 0.387 e. The fraction of sp³-hybridized carbons (Fsp3) is 0.263. The highest BCUT2D eigenvalue weighted by molar-refractivity contribution is 9.10. The number of hydrogen-bond donors (Lipinski definition) is 1. The third kappa shape index (κ3) is 6.19. The van der Waals surface area contributed by atoms with Crippen molar-refractivity contribution in [2.24, 2.45) is 0 Å². The average Bonchev–Trinajstić information content (AvgIpc) is 2.66. The summed E-state index contributed by atoms with van der Waals surface area (Å²) in [6.07, 6.45) is 0. The zero-order chi connectivity index (χ0) is 20.7. The number of halogens is 3. The molecular weight excluding hydrogens is 438 g/mol. The molecule has 150 valence electrons. The van der Waals surface area contributed by atoms with Gasteiger partial charge in [-0.1, -0.05) is 28.1 Å². The maximum atomic E-state index is 12.4. The Morgan fingerprint density at radius 2 is 1.93 bits per heavy atom. The summed E-state index contributed by atoms with van der Waals surface area (Å²) < 4.78 is 34.9. The minimum absolute atomic E-state index is 0.0866. The molecule has 0 aliphatic heterocycles. The van der Waals surface area contributed by atoms with Crippen LogP contribution in [0.3, 0.4) is 0 Å². The lowest BCUT2D eigenvalue weighted by Crippen LogP contribution is -2.37. The molecule has 0 atom stereocenters. The SMILES string of the molecule is COc1cc(CN(C)C(=O)CNC(=O)c2cccc(Br)c2)ccc1OC(F)F. The summed E-state index contributed by atoms with van der Waals surface area (Å²) in [6.45, 7) is -2.93. The first kappa shape index (κ1) is 21.6. The molecule has 0 fully saturated rings. The van der Waals surface area contributed by atoms with E-state index in [0.717, 1.165) is 4.47 Å². The Kier molecular flexibility index (Phi) is 7.74. The third-order valence-corrected chi connectivity index (χ3v) is 4.27. The molecule has 2 aromatic carbocycles. The van der Waals surface area contributed by atoms with Gasteiger partial charge in [0.2, 0.25) is 5.91 Å². The fourth-order valence-electron chi connectivity index (χ4n) is 2.39. The first-order valence-electron chi connectivity index (χ1n) is 8.19. The van der Waals surface area contributed by atoms with Crippen molar-refractivity contribution in [1.29, 1.82) is 0 Å². The summed E-state index contributed by atoms with van der Waals surface area (Å²) in [6, 6.07) is 11.2. The average molecular weight is 457 g/mol. The van der Waals surface area contributed by atoms with Gasteiger partial charge in [0.15, 0.2) is 11.5 Å². The second kappa shape index (κ2) is 10.0. The summed E-state index contributed by atoms with van der Waals surface area (Å²) in [5, 5.41) is 2.57. The Morgan fingerprint density at radius 1 is 1.18 bits per heavy atom. The van der Waals surface area contributed by atoms with E-state index in [1.165, 1.54) is 24.1 Å². The van der Waals surface area contributed by atoms with E-state index in [9.17, 15) is 18.4 Å². The quantitative estimate of drug-likeness (QED) is 0.660. The van der Waals surface area contributed by atoms with Crippen molar-refractivity contribution in [3.63, 3.8) is 0 Å². The molecule has 0 radical (unpaired) electrons. The molecule has 0 unspecified atom stereocenters. The zero-order valence-electron chi connectivity index (χ0n) is 15.2. The minimum Gasteiger partial charge on any atom is -0.493 e. The lowest BCUT2D eigenvalue weighted by molar-refractivity contribution is -0.129. The minimum atomic E-state index is -2.96. The zero-order valence-corrected chi connectivity index (χ0v) is 16.8. The van der Waals surface area contributed by atoms with Crippen LogP contribution in [-0.4, -0.2) is 44.0 Å². The Morgan fingerprint density at radius 3 is 2.57 bits per heavy atom. The molecule has 28 heavy (non-hydrogen) atoms. The largest absolute Gasteiger partial charge is 0.493 e. The van der Waals surface area contributed by atoms with Gasteiger partial charge in [0.1, 0.15) is 0 Å². The van der Waals surface area contributed by atoms with E-state index in [0.29, 0.717) is 11.1 Å². The number of rotatable bonds is 8. The molecule has 0 aliphatic carbocycles. The molecule has 0 bridgehead atoms. The molecule has 0 spiro atoms. The number of alkyl halides is 2. The Bertz CT molecular complexity index is 848. The van der Waals surface area contributed by atoms with E-state index in [1.807, 2.05) is 0 Å². The standard InChI is InChI=1S/C19H19BrF2N2O4/c1-24(11-12-6-7-15(28-19(21)22)16(8-12)27-2)17(25)10-23-18(26)13-4-3-5-14(20)9-13/h3-9,19H,10-11H2,1-2H3,(H,23,26). The molecule has 0 heterocycles. The van der Waals surface area contributed by atoms with E-state index >= 15 is 0 Å². The summed E-state index contributed by atoms with van der Waals surface area (Å²) in [4.78, 5) is 25.8. The van der Waals surface area contributed by atoms with Crippen LogP contribution in [0.4, 0.5) is 8.78 Å².